The zero-order valence-corrected chi connectivity index (χ0v) is 16.9. The van der Waals surface area contributed by atoms with Gasteiger partial charge in [-0.15, -0.1) is 0 Å². The second-order valence-corrected chi connectivity index (χ2v) is 8.32. The van der Waals surface area contributed by atoms with Gasteiger partial charge in [0.25, 0.3) is 0 Å². The quantitative estimate of drug-likeness (QED) is 0.869. The van der Waals surface area contributed by atoms with Crippen molar-refractivity contribution in [2.45, 2.75) is 44.2 Å². The molecule has 3 heterocycles. The Morgan fingerprint density at radius 3 is 2.44 bits per heavy atom. The van der Waals surface area contributed by atoms with Gasteiger partial charge in [-0.25, -0.2) is 4.79 Å². The van der Waals surface area contributed by atoms with Crippen LogP contribution in [0.2, 0.25) is 0 Å². The van der Waals surface area contributed by atoms with E-state index in [0.717, 1.165) is 54.3 Å². The van der Waals surface area contributed by atoms with Crippen LogP contribution < -0.4 is 14.8 Å². The molecule has 0 atom stereocenters. The predicted octanol–water partition coefficient (Wildman–Crippen LogP) is 2.87. The van der Waals surface area contributed by atoms with Gasteiger partial charge < -0.3 is 19.7 Å². The van der Waals surface area contributed by atoms with Crippen molar-refractivity contribution in [2.75, 3.05) is 34.4 Å². The summed E-state index contributed by atoms with van der Waals surface area (Å²) in [6, 6.07) is 4.05. The minimum atomic E-state index is -0.264. The Hall–Kier alpha value is -2.21. The van der Waals surface area contributed by atoms with Gasteiger partial charge in [0, 0.05) is 29.8 Å². The highest BCUT2D eigenvalue weighted by Crippen LogP contribution is 2.49. The molecule has 3 aliphatic rings. The Labute approximate surface area is 161 Å². The monoisotopic (exact) mass is 371 g/mol. The summed E-state index contributed by atoms with van der Waals surface area (Å²) >= 11 is 0. The molecular weight excluding hydrogens is 342 g/mol. The van der Waals surface area contributed by atoms with Gasteiger partial charge in [-0.1, -0.05) is 19.9 Å². The van der Waals surface area contributed by atoms with E-state index in [9.17, 15) is 4.79 Å². The molecule has 0 radical (unpaired) electrons. The van der Waals surface area contributed by atoms with Crippen molar-refractivity contribution in [2.24, 2.45) is 0 Å². The predicted molar refractivity (Wildman–Crippen MR) is 104 cm³/mol. The molecule has 0 aromatic heterocycles. The number of carbonyl (C=O) groups excluding carboxylic acids is 1. The van der Waals surface area contributed by atoms with Crippen LogP contribution in [0.5, 0.6) is 11.5 Å². The number of hydrogen-bond acceptors (Lipinski definition) is 4. The smallest absolute Gasteiger partial charge is 0.325 e. The molecule has 2 saturated heterocycles. The number of carbonyl (C=O) groups is 1. The number of benzene rings is 1. The maximum Gasteiger partial charge on any atom is 0.325 e. The molecule has 3 aliphatic heterocycles. The molecule has 27 heavy (non-hydrogen) atoms. The number of allylic oxidation sites excluding steroid dienone is 1. The van der Waals surface area contributed by atoms with E-state index in [-0.39, 0.29) is 17.0 Å². The van der Waals surface area contributed by atoms with Crippen molar-refractivity contribution < 1.29 is 14.3 Å². The Morgan fingerprint density at radius 2 is 1.81 bits per heavy atom. The number of piperidine rings is 1. The maximum absolute atomic E-state index is 13.2. The third kappa shape index (κ3) is 2.53. The number of urea groups is 1. The molecule has 0 unspecified atom stereocenters. The van der Waals surface area contributed by atoms with Crippen LogP contribution in [-0.2, 0) is 12.0 Å². The molecule has 2 amide bonds. The summed E-state index contributed by atoms with van der Waals surface area (Å²) in [6.45, 7) is 6.79. The van der Waals surface area contributed by atoms with Crippen LogP contribution in [0, 0.1) is 0 Å². The van der Waals surface area contributed by atoms with E-state index in [1.807, 2.05) is 29.0 Å². The Bertz CT molecular complexity index is 809. The van der Waals surface area contributed by atoms with Crippen molar-refractivity contribution in [1.82, 2.24) is 15.1 Å². The molecule has 2 fully saturated rings. The average molecular weight is 371 g/mol. The van der Waals surface area contributed by atoms with Crippen LogP contribution in [0.3, 0.4) is 0 Å². The van der Waals surface area contributed by atoms with E-state index in [1.165, 1.54) is 0 Å². The summed E-state index contributed by atoms with van der Waals surface area (Å²) in [5, 5.41) is 3.43. The topological polar surface area (TPSA) is 54.0 Å². The molecule has 1 aromatic rings. The van der Waals surface area contributed by atoms with E-state index in [1.54, 1.807) is 14.2 Å². The first-order chi connectivity index (χ1) is 12.8. The van der Waals surface area contributed by atoms with Crippen molar-refractivity contribution in [3.05, 3.63) is 35.0 Å². The first-order valence-corrected chi connectivity index (χ1v) is 9.59. The fourth-order valence-electron chi connectivity index (χ4n) is 5.05. The van der Waals surface area contributed by atoms with E-state index in [4.69, 9.17) is 9.47 Å². The average Bonchev–Trinajstić information content (AvgIpc) is 2.78. The molecule has 4 rings (SSSR count). The van der Waals surface area contributed by atoms with Crippen LogP contribution >= 0.6 is 0 Å². The fourth-order valence-corrected chi connectivity index (χ4v) is 5.05. The number of likely N-dealkylation sites (N-methyl/N-ethyl adjacent to an activating group) is 1. The van der Waals surface area contributed by atoms with Gasteiger partial charge in [0.05, 0.1) is 26.3 Å². The number of ether oxygens (including phenoxy) is 2. The highest BCUT2D eigenvalue weighted by Gasteiger charge is 2.54. The Morgan fingerprint density at radius 1 is 1.11 bits per heavy atom. The molecule has 1 aromatic carbocycles. The van der Waals surface area contributed by atoms with Gasteiger partial charge >= 0.3 is 6.03 Å². The number of amides is 2. The van der Waals surface area contributed by atoms with E-state index < -0.39 is 0 Å². The second kappa shape index (κ2) is 6.16. The summed E-state index contributed by atoms with van der Waals surface area (Å²) in [7, 11) is 5.30. The number of nitrogens with one attached hydrogen (secondary N) is 1. The number of nitrogens with zero attached hydrogens (tertiary/aromatic N) is 2. The highest BCUT2D eigenvalue weighted by atomic mass is 16.5. The van der Waals surface area contributed by atoms with Gasteiger partial charge in [-0.2, -0.15) is 0 Å². The number of hydrogen-bond donors (Lipinski definition) is 1. The van der Waals surface area contributed by atoms with Gasteiger partial charge in [0.2, 0.25) is 0 Å². The normalized spacial score (nSPS) is 22.9. The number of rotatable bonds is 2. The molecule has 0 bridgehead atoms. The minimum Gasteiger partial charge on any atom is -0.497 e. The molecule has 1 spiro atoms. The largest absolute Gasteiger partial charge is 0.497 e. The van der Waals surface area contributed by atoms with Gasteiger partial charge in [0.1, 0.15) is 11.5 Å². The van der Waals surface area contributed by atoms with Crippen LogP contribution in [-0.4, -0.2) is 55.7 Å². The highest BCUT2D eigenvalue weighted by molar-refractivity contribution is 5.83. The van der Waals surface area contributed by atoms with E-state index >= 15 is 0 Å². The summed E-state index contributed by atoms with van der Waals surface area (Å²) in [5.41, 5.74) is 2.86. The van der Waals surface area contributed by atoms with Gasteiger partial charge in [-0.05, 0) is 37.6 Å². The van der Waals surface area contributed by atoms with E-state index in [2.05, 4.69) is 25.2 Å². The van der Waals surface area contributed by atoms with E-state index in [0.29, 0.717) is 6.54 Å². The lowest BCUT2D eigenvalue weighted by molar-refractivity contribution is 0.157. The summed E-state index contributed by atoms with van der Waals surface area (Å²) in [6.07, 6.45) is 4.16. The molecular formula is C21H29N3O3. The standard InChI is InChI=1S/C21H29N3O3/c1-20(2)12-17-21(6-8-22-9-7-21)23(3)19(25)24(17)13-14-10-15(26-4)11-16(27-5)18(14)20/h10-12,22H,6-9,13H2,1-5H3. The van der Waals surface area contributed by atoms with Gasteiger partial charge in [-0.3, -0.25) is 4.90 Å². The third-order valence-corrected chi connectivity index (χ3v) is 6.44. The molecule has 146 valence electrons. The molecule has 1 N–H and O–H groups in total. The lowest BCUT2D eigenvalue weighted by Crippen LogP contribution is -2.51. The van der Waals surface area contributed by atoms with Crippen molar-refractivity contribution in [3.8, 4) is 11.5 Å². The Balaban J connectivity index is 1.91. The zero-order valence-electron chi connectivity index (χ0n) is 16.9. The van der Waals surface area contributed by atoms with Crippen molar-refractivity contribution in [3.63, 3.8) is 0 Å². The second-order valence-electron chi connectivity index (χ2n) is 8.32. The van der Waals surface area contributed by atoms with Crippen LogP contribution in [0.4, 0.5) is 4.79 Å². The SMILES string of the molecule is COc1cc2c(c(OC)c1)C(C)(C)C=C1N(C2)C(=O)N(C)C12CCNCC2. The first-order valence-electron chi connectivity index (χ1n) is 9.59. The Kier molecular flexibility index (Phi) is 4.14. The maximum atomic E-state index is 13.2. The summed E-state index contributed by atoms with van der Waals surface area (Å²) < 4.78 is 11.2. The lowest BCUT2D eigenvalue weighted by atomic mass is 9.77. The number of fused-ring (bicyclic) bond motifs is 3. The van der Waals surface area contributed by atoms with Crippen molar-refractivity contribution >= 4 is 6.03 Å². The van der Waals surface area contributed by atoms with Crippen molar-refractivity contribution in [1.29, 1.82) is 0 Å². The number of methoxy groups -OCH3 is 2. The first kappa shape index (κ1) is 18.2. The van der Waals surface area contributed by atoms with Crippen LogP contribution in [0.1, 0.15) is 37.8 Å². The van der Waals surface area contributed by atoms with Gasteiger partial charge in [0.15, 0.2) is 0 Å². The molecule has 6 nitrogen and oxygen atoms in total. The zero-order chi connectivity index (χ0) is 19.4. The molecule has 6 heteroatoms. The fraction of sp³-hybridized carbons (Fsp3) is 0.571. The molecule has 0 aliphatic carbocycles. The lowest BCUT2D eigenvalue weighted by Gasteiger charge is -2.40. The van der Waals surface area contributed by atoms with Crippen LogP contribution in [0.25, 0.3) is 0 Å². The third-order valence-electron chi connectivity index (χ3n) is 6.44. The summed E-state index contributed by atoms with van der Waals surface area (Å²) in [5.74, 6) is 1.56. The summed E-state index contributed by atoms with van der Waals surface area (Å²) in [4.78, 5) is 17.1. The van der Waals surface area contributed by atoms with Crippen LogP contribution in [0.15, 0.2) is 23.9 Å². The molecule has 0 saturated carbocycles. The minimum absolute atomic E-state index is 0.0774.